The number of benzene rings is 2. The highest BCUT2D eigenvalue weighted by Crippen LogP contribution is 2.39. The van der Waals surface area contributed by atoms with Crippen molar-refractivity contribution in [3.63, 3.8) is 0 Å². The van der Waals surface area contributed by atoms with E-state index in [2.05, 4.69) is 16.0 Å². The summed E-state index contributed by atoms with van der Waals surface area (Å²) >= 11 is 8.38. The van der Waals surface area contributed by atoms with Gasteiger partial charge in [0.2, 0.25) is 5.91 Å². The zero-order chi connectivity index (χ0) is 26.4. The van der Waals surface area contributed by atoms with Crippen LogP contribution in [0.5, 0.6) is 5.75 Å². The molecule has 0 saturated carbocycles. The second-order valence-electron chi connectivity index (χ2n) is 8.46. The molecule has 7 nitrogen and oxygen atoms in total. The van der Waals surface area contributed by atoms with Crippen molar-refractivity contribution < 1.29 is 19.1 Å². The molecule has 1 atom stereocenters. The lowest BCUT2D eigenvalue weighted by molar-refractivity contribution is -0.115. The van der Waals surface area contributed by atoms with Crippen LogP contribution in [-0.4, -0.2) is 36.5 Å². The second-order valence-corrected chi connectivity index (χ2v) is 11.4. The Kier molecular flexibility index (Phi) is 9.07. The molecule has 194 valence electrons. The maximum Gasteiger partial charge on any atom is 0.341 e. The molecule has 0 fully saturated rings. The summed E-state index contributed by atoms with van der Waals surface area (Å²) in [6.07, 6.45) is 3.90. The van der Waals surface area contributed by atoms with E-state index in [0.717, 1.165) is 47.5 Å². The predicted molar refractivity (Wildman–Crippen MR) is 156 cm³/mol. The molecule has 1 aromatic heterocycles. The second kappa shape index (κ2) is 12.4. The third kappa shape index (κ3) is 6.63. The van der Waals surface area contributed by atoms with Gasteiger partial charge in [0.1, 0.15) is 10.8 Å². The predicted octanol–water partition coefficient (Wildman–Crippen LogP) is 6.35. The molecular formula is C27H29N3O4S3. The fourth-order valence-corrected chi connectivity index (χ4v) is 6.56. The van der Waals surface area contributed by atoms with Crippen molar-refractivity contribution in [2.24, 2.45) is 0 Å². The van der Waals surface area contributed by atoms with E-state index in [1.54, 1.807) is 7.11 Å². The highest BCUT2D eigenvalue weighted by molar-refractivity contribution is 8.00. The molecule has 0 aliphatic heterocycles. The summed E-state index contributed by atoms with van der Waals surface area (Å²) in [6.45, 7) is 1.85. The highest BCUT2D eigenvalue weighted by atomic mass is 32.2. The van der Waals surface area contributed by atoms with Crippen LogP contribution in [-0.2, 0) is 22.4 Å². The van der Waals surface area contributed by atoms with E-state index in [-0.39, 0.29) is 5.91 Å². The molecule has 0 spiro atoms. The van der Waals surface area contributed by atoms with Crippen molar-refractivity contribution in [1.29, 1.82) is 0 Å². The molecule has 10 heteroatoms. The Morgan fingerprint density at radius 3 is 2.59 bits per heavy atom. The molecule has 1 aliphatic carbocycles. The number of aryl methyl sites for hydroxylation is 1. The average molecular weight is 556 g/mol. The smallest absolute Gasteiger partial charge is 0.341 e. The molecule has 1 amide bonds. The SMILES string of the molecule is COC(=O)c1c(NC(=O)C(C)Sc2cccc(NC(=S)Nc3ccccc3OC)c2)sc2c1CCCC2. The van der Waals surface area contributed by atoms with Crippen LogP contribution in [0.15, 0.2) is 53.4 Å². The van der Waals surface area contributed by atoms with E-state index < -0.39 is 11.2 Å². The van der Waals surface area contributed by atoms with E-state index in [4.69, 9.17) is 21.7 Å². The van der Waals surface area contributed by atoms with Gasteiger partial charge < -0.3 is 25.4 Å². The number of carbonyl (C=O) groups excluding carboxylic acids is 2. The monoisotopic (exact) mass is 555 g/mol. The van der Waals surface area contributed by atoms with Crippen molar-refractivity contribution in [1.82, 2.24) is 0 Å². The first-order valence-corrected chi connectivity index (χ1v) is 14.0. The Hall–Kier alpha value is -3.08. The summed E-state index contributed by atoms with van der Waals surface area (Å²) in [4.78, 5) is 27.6. The van der Waals surface area contributed by atoms with Gasteiger partial charge in [-0.15, -0.1) is 23.1 Å². The lowest BCUT2D eigenvalue weighted by Gasteiger charge is -2.15. The number of thioether (sulfide) groups is 1. The summed E-state index contributed by atoms with van der Waals surface area (Å²) in [5, 5.41) is 9.93. The number of rotatable bonds is 8. The molecule has 3 N–H and O–H groups in total. The van der Waals surface area contributed by atoms with Gasteiger partial charge in [-0.1, -0.05) is 18.2 Å². The van der Waals surface area contributed by atoms with E-state index in [1.165, 1.54) is 35.1 Å². The fourth-order valence-electron chi connectivity index (χ4n) is 4.12. The lowest BCUT2D eigenvalue weighted by Crippen LogP contribution is -2.23. The first-order chi connectivity index (χ1) is 17.9. The largest absolute Gasteiger partial charge is 0.495 e. The number of amides is 1. The standard InChI is InChI=1S/C27H29N3O4S3/c1-16(24(31)30-25-23(26(32)34-3)19-11-4-7-14-22(19)37-25)36-18-10-8-9-17(15-18)28-27(35)29-20-12-5-6-13-21(20)33-2/h5-6,8-10,12-13,15-16H,4,7,11,14H2,1-3H3,(H,30,31)(H2,28,29,35). The topological polar surface area (TPSA) is 88.7 Å². The van der Waals surface area contributed by atoms with Gasteiger partial charge in [-0.05, 0) is 80.7 Å². The van der Waals surface area contributed by atoms with Crippen LogP contribution in [0.1, 0.15) is 40.6 Å². The summed E-state index contributed by atoms with van der Waals surface area (Å²) in [5.74, 6) is 0.129. The summed E-state index contributed by atoms with van der Waals surface area (Å²) in [7, 11) is 2.98. The number of ether oxygens (including phenoxy) is 2. The van der Waals surface area contributed by atoms with Crippen molar-refractivity contribution in [3.8, 4) is 5.75 Å². The van der Waals surface area contributed by atoms with Gasteiger partial charge in [0, 0.05) is 15.5 Å². The summed E-state index contributed by atoms with van der Waals surface area (Å²) in [6, 6.07) is 15.2. The molecular weight excluding hydrogens is 527 g/mol. The Labute approximate surface area is 230 Å². The molecule has 0 radical (unpaired) electrons. The van der Waals surface area contributed by atoms with Gasteiger partial charge in [0.05, 0.1) is 30.7 Å². The van der Waals surface area contributed by atoms with Gasteiger partial charge in [0.25, 0.3) is 0 Å². The number of thiocarbonyl (C=S) groups is 1. The van der Waals surface area contributed by atoms with Crippen molar-refractivity contribution >= 4 is 68.7 Å². The van der Waals surface area contributed by atoms with E-state index in [9.17, 15) is 9.59 Å². The molecule has 1 unspecified atom stereocenters. The fraction of sp³-hybridized carbons (Fsp3) is 0.296. The van der Waals surface area contributed by atoms with Gasteiger partial charge >= 0.3 is 5.97 Å². The average Bonchev–Trinajstić information content (AvgIpc) is 3.26. The van der Waals surface area contributed by atoms with Gasteiger partial charge in [-0.25, -0.2) is 4.79 Å². The third-order valence-corrected chi connectivity index (χ3v) is 8.43. The van der Waals surface area contributed by atoms with Gasteiger partial charge in [-0.3, -0.25) is 4.79 Å². The number of methoxy groups -OCH3 is 2. The summed E-state index contributed by atoms with van der Waals surface area (Å²) in [5.41, 5.74) is 3.09. The molecule has 3 aromatic rings. The molecule has 0 saturated heterocycles. The van der Waals surface area contributed by atoms with Crippen molar-refractivity contribution in [3.05, 3.63) is 64.5 Å². The molecule has 4 rings (SSSR count). The Morgan fingerprint density at radius 2 is 1.81 bits per heavy atom. The Bertz CT molecular complexity index is 1310. The number of thiophene rings is 1. The van der Waals surface area contributed by atoms with Crippen LogP contribution in [0.2, 0.25) is 0 Å². The number of nitrogens with one attached hydrogen (secondary N) is 3. The number of para-hydroxylation sites is 2. The number of hydrogen-bond donors (Lipinski definition) is 3. The molecule has 1 heterocycles. The lowest BCUT2D eigenvalue weighted by atomic mass is 9.95. The Morgan fingerprint density at radius 1 is 1.03 bits per heavy atom. The third-order valence-electron chi connectivity index (χ3n) is 5.93. The van der Waals surface area contributed by atoms with Gasteiger partial charge in [-0.2, -0.15) is 0 Å². The number of hydrogen-bond acceptors (Lipinski definition) is 7. The zero-order valence-corrected chi connectivity index (χ0v) is 23.3. The maximum absolute atomic E-state index is 13.1. The van der Waals surface area contributed by atoms with Crippen LogP contribution in [0.4, 0.5) is 16.4 Å². The van der Waals surface area contributed by atoms with Crippen molar-refractivity contribution in [2.45, 2.75) is 42.8 Å². The highest BCUT2D eigenvalue weighted by Gasteiger charge is 2.28. The van der Waals surface area contributed by atoms with Crippen LogP contribution in [0.25, 0.3) is 0 Å². The number of carbonyl (C=O) groups is 2. The first-order valence-electron chi connectivity index (χ1n) is 11.9. The van der Waals surface area contributed by atoms with Crippen LogP contribution in [0, 0.1) is 0 Å². The minimum absolute atomic E-state index is 0.166. The number of anilines is 3. The zero-order valence-electron chi connectivity index (χ0n) is 20.9. The molecule has 2 aromatic carbocycles. The number of esters is 1. The minimum atomic E-state index is -0.397. The van der Waals surface area contributed by atoms with E-state index >= 15 is 0 Å². The maximum atomic E-state index is 13.1. The van der Waals surface area contributed by atoms with Crippen molar-refractivity contribution in [2.75, 3.05) is 30.2 Å². The Balaban J connectivity index is 1.40. The molecule has 0 bridgehead atoms. The van der Waals surface area contributed by atoms with Crippen LogP contribution < -0.4 is 20.7 Å². The number of fused-ring (bicyclic) bond motifs is 1. The molecule has 1 aliphatic rings. The first kappa shape index (κ1) is 27.0. The quantitative estimate of drug-likeness (QED) is 0.168. The van der Waals surface area contributed by atoms with E-state index in [0.29, 0.717) is 21.4 Å². The normalized spacial score (nSPS) is 13.2. The van der Waals surface area contributed by atoms with Crippen LogP contribution in [0.3, 0.4) is 0 Å². The van der Waals surface area contributed by atoms with Gasteiger partial charge in [0.15, 0.2) is 5.11 Å². The molecule has 37 heavy (non-hydrogen) atoms. The summed E-state index contributed by atoms with van der Waals surface area (Å²) < 4.78 is 10.4. The van der Waals surface area contributed by atoms with Crippen LogP contribution >= 0.6 is 35.3 Å². The van der Waals surface area contributed by atoms with E-state index in [1.807, 2.05) is 55.5 Å². The minimum Gasteiger partial charge on any atom is -0.495 e.